The van der Waals surface area contributed by atoms with Crippen LogP contribution in [0.1, 0.15) is 19.3 Å². The van der Waals surface area contributed by atoms with Gasteiger partial charge in [-0.1, -0.05) is 42.5 Å². The number of hydrogen-bond donors (Lipinski definition) is 0. The number of nitrogens with zero attached hydrogens (tertiary/aromatic N) is 1. The van der Waals surface area contributed by atoms with Gasteiger partial charge in [-0.2, -0.15) is 0 Å². The van der Waals surface area contributed by atoms with Crippen LogP contribution in [-0.2, 0) is 4.79 Å². The van der Waals surface area contributed by atoms with Crippen LogP contribution >= 0.6 is 0 Å². The van der Waals surface area contributed by atoms with Gasteiger partial charge in [0, 0.05) is 13.1 Å². The van der Waals surface area contributed by atoms with Crippen molar-refractivity contribution in [3.63, 3.8) is 0 Å². The molecule has 0 radical (unpaired) electrons. The lowest BCUT2D eigenvalue weighted by Crippen LogP contribution is -2.38. The van der Waals surface area contributed by atoms with Gasteiger partial charge in [-0.25, -0.2) is 0 Å². The fourth-order valence-electron chi connectivity index (χ4n) is 2.75. The number of ether oxygens (including phenoxy) is 1. The van der Waals surface area contributed by atoms with Crippen molar-refractivity contribution in [1.82, 2.24) is 4.90 Å². The van der Waals surface area contributed by atoms with E-state index in [4.69, 9.17) is 4.74 Å². The maximum absolute atomic E-state index is 12.1. The van der Waals surface area contributed by atoms with Crippen molar-refractivity contribution in [2.45, 2.75) is 19.3 Å². The Hall–Kier alpha value is -2.29. The molecule has 1 heterocycles. The Morgan fingerprint density at radius 1 is 0.864 bits per heavy atom. The summed E-state index contributed by atoms with van der Waals surface area (Å²) in [5, 5.41) is 0. The Morgan fingerprint density at radius 2 is 1.50 bits per heavy atom. The summed E-state index contributed by atoms with van der Waals surface area (Å²) in [6.07, 6.45) is 3.45. The molecule has 1 fully saturated rings. The molecular formula is C19H21NO2. The normalized spacial score (nSPS) is 14.6. The van der Waals surface area contributed by atoms with Crippen molar-refractivity contribution in [1.29, 1.82) is 0 Å². The molecule has 0 aliphatic carbocycles. The number of amides is 1. The van der Waals surface area contributed by atoms with Crippen LogP contribution in [0.25, 0.3) is 11.1 Å². The molecule has 0 atom stereocenters. The van der Waals surface area contributed by atoms with Gasteiger partial charge in [-0.3, -0.25) is 4.79 Å². The summed E-state index contributed by atoms with van der Waals surface area (Å²) in [6.45, 7) is 1.87. The molecule has 0 spiro atoms. The highest BCUT2D eigenvalue weighted by Gasteiger charge is 2.16. The highest BCUT2D eigenvalue weighted by atomic mass is 16.5. The van der Waals surface area contributed by atoms with Gasteiger partial charge in [0.25, 0.3) is 5.91 Å². The topological polar surface area (TPSA) is 29.5 Å². The van der Waals surface area contributed by atoms with Crippen LogP contribution in [0, 0.1) is 0 Å². The summed E-state index contributed by atoms with van der Waals surface area (Å²) >= 11 is 0. The number of rotatable bonds is 4. The minimum absolute atomic E-state index is 0.0897. The third-order valence-corrected chi connectivity index (χ3v) is 4.03. The van der Waals surface area contributed by atoms with E-state index in [0.29, 0.717) is 0 Å². The second kappa shape index (κ2) is 7.12. The monoisotopic (exact) mass is 295 g/mol. The van der Waals surface area contributed by atoms with E-state index in [2.05, 4.69) is 12.1 Å². The quantitative estimate of drug-likeness (QED) is 0.860. The van der Waals surface area contributed by atoms with Gasteiger partial charge >= 0.3 is 0 Å². The molecule has 0 saturated carbocycles. The van der Waals surface area contributed by atoms with Crippen molar-refractivity contribution in [3.8, 4) is 16.9 Å². The van der Waals surface area contributed by atoms with Crippen molar-refractivity contribution in [3.05, 3.63) is 54.6 Å². The second-order valence-corrected chi connectivity index (χ2v) is 5.62. The standard InChI is InChI=1S/C19H21NO2/c21-19(20-13-5-2-6-14-20)15-22-18-11-9-17(10-12-18)16-7-3-1-4-8-16/h1,3-4,7-12H,2,5-6,13-15H2. The van der Waals surface area contributed by atoms with E-state index in [1.807, 2.05) is 47.4 Å². The molecule has 0 aromatic heterocycles. The third kappa shape index (κ3) is 3.67. The molecular weight excluding hydrogens is 274 g/mol. The predicted molar refractivity (Wildman–Crippen MR) is 87.8 cm³/mol. The molecule has 3 nitrogen and oxygen atoms in total. The molecule has 3 rings (SSSR count). The number of carbonyl (C=O) groups is 1. The van der Waals surface area contributed by atoms with Crippen LogP contribution < -0.4 is 4.74 Å². The van der Waals surface area contributed by atoms with E-state index >= 15 is 0 Å². The van der Waals surface area contributed by atoms with E-state index in [1.165, 1.54) is 12.0 Å². The Kier molecular flexibility index (Phi) is 4.74. The van der Waals surface area contributed by atoms with E-state index in [-0.39, 0.29) is 12.5 Å². The molecule has 1 amide bonds. The molecule has 2 aromatic carbocycles. The van der Waals surface area contributed by atoms with Crippen molar-refractivity contribution in [2.75, 3.05) is 19.7 Å². The predicted octanol–water partition coefficient (Wildman–Crippen LogP) is 3.74. The van der Waals surface area contributed by atoms with Crippen LogP contribution in [0.3, 0.4) is 0 Å². The minimum Gasteiger partial charge on any atom is -0.484 e. The number of likely N-dealkylation sites (tertiary alicyclic amines) is 1. The summed E-state index contributed by atoms with van der Waals surface area (Å²) in [5.74, 6) is 0.830. The Labute approximate surface area is 131 Å². The Morgan fingerprint density at radius 3 is 2.18 bits per heavy atom. The highest BCUT2D eigenvalue weighted by molar-refractivity contribution is 5.77. The smallest absolute Gasteiger partial charge is 0.260 e. The van der Waals surface area contributed by atoms with Gasteiger partial charge in [0.05, 0.1) is 0 Å². The number of hydrogen-bond acceptors (Lipinski definition) is 2. The van der Waals surface area contributed by atoms with E-state index in [1.54, 1.807) is 0 Å². The first-order chi connectivity index (χ1) is 10.8. The third-order valence-electron chi connectivity index (χ3n) is 4.03. The highest BCUT2D eigenvalue weighted by Crippen LogP contribution is 2.22. The average molecular weight is 295 g/mol. The SMILES string of the molecule is O=C(COc1ccc(-c2ccccc2)cc1)N1CCCCC1. The van der Waals surface area contributed by atoms with Crippen molar-refractivity contribution >= 4 is 5.91 Å². The molecule has 1 aliphatic heterocycles. The van der Waals surface area contributed by atoms with Gasteiger partial charge in [0.1, 0.15) is 5.75 Å². The van der Waals surface area contributed by atoms with Crippen LogP contribution in [-0.4, -0.2) is 30.5 Å². The van der Waals surface area contributed by atoms with E-state index < -0.39 is 0 Å². The first-order valence-corrected chi connectivity index (χ1v) is 7.89. The van der Waals surface area contributed by atoms with E-state index in [9.17, 15) is 4.79 Å². The lowest BCUT2D eigenvalue weighted by molar-refractivity contribution is -0.134. The molecule has 2 aromatic rings. The lowest BCUT2D eigenvalue weighted by Gasteiger charge is -2.26. The second-order valence-electron chi connectivity index (χ2n) is 5.62. The maximum Gasteiger partial charge on any atom is 0.260 e. The van der Waals surface area contributed by atoms with Crippen LogP contribution in [0.15, 0.2) is 54.6 Å². The zero-order chi connectivity index (χ0) is 15.2. The van der Waals surface area contributed by atoms with Crippen LogP contribution in [0.4, 0.5) is 0 Å². The van der Waals surface area contributed by atoms with Gasteiger partial charge in [-0.15, -0.1) is 0 Å². The molecule has 114 valence electrons. The minimum atomic E-state index is 0.0897. The maximum atomic E-state index is 12.1. The van der Waals surface area contributed by atoms with Gasteiger partial charge in [0.15, 0.2) is 6.61 Å². The summed E-state index contributed by atoms with van der Waals surface area (Å²) in [5.41, 5.74) is 2.33. The van der Waals surface area contributed by atoms with Crippen LogP contribution in [0.5, 0.6) is 5.75 Å². The first-order valence-electron chi connectivity index (χ1n) is 7.89. The average Bonchev–Trinajstić information content (AvgIpc) is 2.61. The zero-order valence-electron chi connectivity index (χ0n) is 12.7. The van der Waals surface area contributed by atoms with Gasteiger partial charge in [-0.05, 0) is 42.5 Å². The molecule has 1 aliphatic rings. The number of carbonyl (C=O) groups excluding carboxylic acids is 1. The van der Waals surface area contributed by atoms with Crippen molar-refractivity contribution in [2.24, 2.45) is 0 Å². The van der Waals surface area contributed by atoms with E-state index in [0.717, 1.165) is 37.2 Å². The lowest BCUT2D eigenvalue weighted by atomic mass is 10.1. The fourth-order valence-corrected chi connectivity index (χ4v) is 2.75. The summed E-state index contributed by atoms with van der Waals surface area (Å²) < 4.78 is 5.62. The van der Waals surface area contributed by atoms with Gasteiger partial charge < -0.3 is 9.64 Å². The first kappa shape index (κ1) is 14.6. The molecule has 0 N–H and O–H groups in total. The molecule has 0 bridgehead atoms. The summed E-state index contributed by atoms with van der Waals surface area (Å²) in [6, 6.07) is 18.1. The zero-order valence-corrected chi connectivity index (χ0v) is 12.7. The number of piperidine rings is 1. The van der Waals surface area contributed by atoms with Crippen LogP contribution in [0.2, 0.25) is 0 Å². The largest absolute Gasteiger partial charge is 0.484 e. The molecule has 3 heteroatoms. The molecule has 0 unspecified atom stereocenters. The van der Waals surface area contributed by atoms with Crippen molar-refractivity contribution < 1.29 is 9.53 Å². The summed E-state index contributed by atoms with van der Waals surface area (Å²) in [7, 11) is 0. The van der Waals surface area contributed by atoms with Gasteiger partial charge in [0.2, 0.25) is 0 Å². The Bertz CT molecular complexity index is 601. The number of benzene rings is 2. The fraction of sp³-hybridized carbons (Fsp3) is 0.316. The molecule has 22 heavy (non-hydrogen) atoms. The summed E-state index contributed by atoms with van der Waals surface area (Å²) in [4.78, 5) is 14.0. The molecule has 1 saturated heterocycles. The Balaban J connectivity index is 1.56.